The lowest BCUT2D eigenvalue weighted by Gasteiger charge is -2.17. The van der Waals surface area contributed by atoms with Gasteiger partial charge in [0, 0.05) is 5.56 Å². The Morgan fingerprint density at radius 1 is 0.969 bits per heavy atom. The number of aromatic hydroxyl groups is 1. The van der Waals surface area contributed by atoms with E-state index in [1.165, 1.54) is 6.21 Å². The zero-order chi connectivity index (χ0) is 22.8. The predicted octanol–water partition coefficient (Wildman–Crippen LogP) is 3.19. The average molecular weight is 431 g/mol. The van der Waals surface area contributed by atoms with Crippen LogP contribution in [-0.2, 0) is 9.59 Å². The Kier molecular flexibility index (Phi) is 7.97. The second kappa shape index (κ2) is 11.3. The first-order chi connectivity index (χ1) is 15.6. The van der Waals surface area contributed by atoms with E-state index in [9.17, 15) is 14.7 Å². The number of hydrogen-bond donors (Lipinski definition) is 3. The maximum Gasteiger partial charge on any atom is 0.259 e. The Bertz CT molecular complexity index is 1030. The number of phenols is 1. The van der Waals surface area contributed by atoms with Gasteiger partial charge in [-0.3, -0.25) is 9.59 Å². The van der Waals surface area contributed by atoms with Crippen molar-refractivity contribution in [2.45, 2.75) is 12.8 Å². The average Bonchev–Trinajstić information content (AvgIpc) is 2.82. The highest BCUT2D eigenvalue weighted by Gasteiger charge is 2.22. The van der Waals surface area contributed by atoms with Crippen LogP contribution in [0.25, 0.3) is 0 Å². The van der Waals surface area contributed by atoms with Crippen molar-refractivity contribution in [3.8, 4) is 11.5 Å². The fourth-order valence-electron chi connectivity index (χ4n) is 3.18. The molecular weight excluding hydrogens is 406 g/mol. The van der Waals surface area contributed by atoms with E-state index in [1.807, 2.05) is 67.6 Å². The van der Waals surface area contributed by atoms with Crippen LogP contribution >= 0.6 is 0 Å². The molecular formula is C25H25N3O4. The van der Waals surface area contributed by atoms with E-state index < -0.39 is 11.8 Å². The van der Waals surface area contributed by atoms with Crippen molar-refractivity contribution >= 4 is 18.0 Å². The molecule has 0 aromatic heterocycles. The van der Waals surface area contributed by atoms with Gasteiger partial charge in [0.1, 0.15) is 0 Å². The summed E-state index contributed by atoms with van der Waals surface area (Å²) < 4.78 is 5.32. The molecule has 32 heavy (non-hydrogen) atoms. The lowest BCUT2D eigenvalue weighted by atomic mass is 9.90. The maximum absolute atomic E-state index is 12.9. The summed E-state index contributed by atoms with van der Waals surface area (Å²) in [6.07, 6.45) is 1.31. The number of carbonyl (C=O) groups is 2. The summed E-state index contributed by atoms with van der Waals surface area (Å²) in [5.41, 5.74) is 4.41. The number of nitrogens with one attached hydrogen (secondary N) is 2. The Balaban J connectivity index is 1.60. The van der Waals surface area contributed by atoms with Crippen LogP contribution in [0.15, 0.2) is 84.0 Å². The van der Waals surface area contributed by atoms with Gasteiger partial charge in [0.05, 0.1) is 25.3 Å². The zero-order valence-corrected chi connectivity index (χ0v) is 17.7. The van der Waals surface area contributed by atoms with Crippen molar-refractivity contribution < 1.29 is 19.4 Å². The van der Waals surface area contributed by atoms with Gasteiger partial charge in [-0.15, -0.1) is 0 Å². The minimum absolute atomic E-state index is 0.0609. The SMILES string of the molecule is CCOc1cccc(/C=N/NC(=O)CNC(=O)C(c2ccccc2)c2ccccc2)c1O. The largest absolute Gasteiger partial charge is 0.504 e. The molecule has 3 aromatic rings. The molecule has 0 saturated heterocycles. The molecule has 3 rings (SSSR count). The molecule has 7 heteroatoms. The lowest BCUT2D eigenvalue weighted by Crippen LogP contribution is -2.37. The van der Waals surface area contributed by atoms with Crippen LogP contribution in [0.1, 0.15) is 29.5 Å². The number of para-hydroxylation sites is 1. The highest BCUT2D eigenvalue weighted by Crippen LogP contribution is 2.28. The third-order valence-electron chi connectivity index (χ3n) is 4.67. The zero-order valence-electron chi connectivity index (χ0n) is 17.7. The second-order valence-electron chi connectivity index (χ2n) is 6.89. The van der Waals surface area contributed by atoms with Crippen LogP contribution in [0, 0.1) is 0 Å². The molecule has 0 fully saturated rings. The lowest BCUT2D eigenvalue weighted by molar-refractivity contribution is -0.126. The van der Waals surface area contributed by atoms with E-state index in [0.29, 0.717) is 17.9 Å². The molecule has 0 bridgehead atoms. The highest BCUT2D eigenvalue weighted by atomic mass is 16.5. The van der Waals surface area contributed by atoms with Gasteiger partial charge >= 0.3 is 0 Å². The molecule has 0 saturated carbocycles. The van der Waals surface area contributed by atoms with Crippen molar-refractivity contribution in [3.63, 3.8) is 0 Å². The monoisotopic (exact) mass is 431 g/mol. The van der Waals surface area contributed by atoms with Gasteiger partial charge in [0.25, 0.3) is 5.91 Å². The molecule has 0 aliphatic heterocycles. The van der Waals surface area contributed by atoms with Crippen LogP contribution in [0.3, 0.4) is 0 Å². The number of ether oxygens (including phenoxy) is 1. The van der Waals surface area contributed by atoms with E-state index in [1.54, 1.807) is 18.2 Å². The van der Waals surface area contributed by atoms with Crippen molar-refractivity contribution in [3.05, 3.63) is 95.6 Å². The van der Waals surface area contributed by atoms with Gasteiger partial charge in [0.15, 0.2) is 11.5 Å². The second-order valence-corrected chi connectivity index (χ2v) is 6.89. The minimum atomic E-state index is -0.535. The predicted molar refractivity (Wildman–Crippen MR) is 123 cm³/mol. The Morgan fingerprint density at radius 3 is 2.19 bits per heavy atom. The van der Waals surface area contributed by atoms with Crippen molar-refractivity contribution in [1.29, 1.82) is 0 Å². The van der Waals surface area contributed by atoms with E-state index in [4.69, 9.17) is 4.74 Å². The summed E-state index contributed by atoms with van der Waals surface area (Å²) in [5, 5.41) is 16.7. The van der Waals surface area contributed by atoms with E-state index >= 15 is 0 Å². The molecule has 0 atom stereocenters. The summed E-state index contributed by atoms with van der Waals surface area (Å²) in [6.45, 7) is 1.99. The first kappa shape index (κ1) is 22.6. The molecule has 3 N–H and O–H groups in total. The Hall–Kier alpha value is -4.13. The Morgan fingerprint density at radius 2 is 1.59 bits per heavy atom. The molecule has 0 spiro atoms. The smallest absolute Gasteiger partial charge is 0.259 e. The maximum atomic E-state index is 12.9. The number of phenolic OH excluding ortho intramolecular Hbond substituents is 1. The number of carbonyl (C=O) groups excluding carboxylic acids is 2. The van der Waals surface area contributed by atoms with Crippen molar-refractivity contribution in [2.75, 3.05) is 13.2 Å². The number of nitrogens with zero attached hydrogens (tertiary/aromatic N) is 1. The van der Waals surface area contributed by atoms with Gasteiger partial charge in [-0.05, 0) is 30.2 Å². The third-order valence-corrected chi connectivity index (χ3v) is 4.67. The minimum Gasteiger partial charge on any atom is -0.504 e. The number of benzene rings is 3. The fourth-order valence-corrected chi connectivity index (χ4v) is 3.18. The normalized spacial score (nSPS) is 10.8. The summed E-state index contributed by atoms with van der Waals surface area (Å²) in [7, 11) is 0. The van der Waals surface area contributed by atoms with Crippen molar-refractivity contribution in [1.82, 2.24) is 10.7 Å². The number of rotatable bonds is 9. The topological polar surface area (TPSA) is 100 Å². The first-order valence-electron chi connectivity index (χ1n) is 10.2. The number of hydrogen-bond acceptors (Lipinski definition) is 5. The van der Waals surface area contributed by atoms with Gasteiger partial charge in [-0.1, -0.05) is 66.7 Å². The fraction of sp³-hybridized carbons (Fsp3) is 0.160. The number of hydrazone groups is 1. The van der Waals surface area contributed by atoms with Gasteiger partial charge in [-0.2, -0.15) is 5.10 Å². The van der Waals surface area contributed by atoms with Gasteiger partial charge in [0.2, 0.25) is 5.91 Å². The van der Waals surface area contributed by atoms with Gasteiger partial charge in [-0.25, -0.2) is 5.43 Å². The van der Waals surface area contributed by atoms with Gasteiger partial charge < -0.3 is 15.2 Å². The molecule has 7 nitrogen and oxygen atoms in total. The molecule has 0 radical (unpaired) electrons. The molecule has 2 amide bonds. The van der Waals surface area contributed by atoms with E-state index in [2.05, 4.69) is 15.8 Å². The highest BCUT2D eigenvalue weighted by molar-refractivity contribution is 5.91. The molecule has 3 aromatic carbocycles. The van der Waals surface area contributed by atoms with Crippen LogP contribution in [0.4, 0.5) is 0 Å². The number of amides is 2. The quantitative estimate of drug-likeness (QED) is 0.358. The van der Waals surface area contributed by atoms with E-state index in [-0.39, 0.29) is 18.2 Å². The Labute approximate surface area is 186 Å². The first-order valence-corrected chi connectivity index (χ1v) is 10.2. The molecule has 0 unspecified atom stereocenters. The van der Waals surface area contributed by atoms with E-state index in [0.717, 1.165) is 11.1 Å². The summed E-state index contributed by atoms with van der Waals surface area (Å²) >= 11 is 0. The van der Waals surface area contributed by atoms with Crippen LogP contribution in [-0.4, -0.2) is 36.3 Å². The molecule has 0 aliphatic carbocycles. The van der Waals surface area contributed by atoms with Crippen LogP contribution < -0.4 is 15.5 Å². The summed E-state index contributed by atoms with van der Waals surface area (Å²) in [5.74, 6) is -1.04. The molecule has 0 aliphatic rings. The third kappa shape index (κ3) is 5.95. The molecule has 164 valence electrons. The van der Waals surface area contributed by atoms with Crippen LogP contribution in [0.2, 0.25) is 0 Å². The van der Waals surface area contributed by atoms with Crippen molar-refractivity contribution in [2.24, 2.45) is 5.10 Å². The molecule has 0 heterocycles. The standard InChI is InChI=1S/C25H25N3O4/c1-2-32-21-15-9-14-20(24(21)30)16-27-28-22(29)17-26-25(31)23(18-10-5-3-6-11-18)19-12-7-4-8-13-19/h3-16,23,30H,2,17H2,1H3,(H,26,31)(H,28,29)/b27-16+. The summed E-state index contributed by atoms with van der Waals surface area (Å²) in [6, 6.07) is 23.8. The van der Waals surface area contributed by atoms with Crippen LogP contribution in [0.5, 0.6) is 11.5 Å². The summed E-state index contributed by atoms with van der Waals surface area (Å²) in [4.78, 5) is 25.1.